The van der Waals surface area contributed by atoms with Crippen molar-refractivity contribution in [3.63, 3.8) is 0 Å². The molecule has 2 unspecified atom stereocenters. The molecule has 1 saturated carbocycles. The summed E-state index contributed by atoms with van der Waals surface area (Å²) < 4.78 is 0. The van der Waals surface area contributed by atoms with Gasteiger partial charge in [-0.3, -0.25) is 19.5 Å². The van der Waals surface area contributed by atoms with Crippen molar-refractivity contribution in [3.05, 3.63) is 71.2 Å². The molecule has 6 rings (SSSR count). The molecule has 0 amide bonds. The number of aromatic nitrogens is 2. The third kappa shape index (κ3) is 8.28. The van der Waals surface area contributed by atoms with Gasteiger partial charge in [-0.05, 0) is 82.2 Å². The highest BCUT2D eigenvalue weighted by molar-refractivity contribution is 5.70. The highest BCUT2D eigenvalue weighted by Crippen LogP contribution is 2.35. The normalized spacial score (nSPS) is 25.9. The summed E-state index contributed by atoms with van der Waals surface area (Å²) in [7, 11) is 2.18. The molecule has 0 spiro atoms. The van der Waals surface area contributed by atoms with Crippen molar-refractivity contribution in [2.75, 3.05) is 52.9 Å². The Morgan fingerprint density at radius 2 is 1.50 bits per heavy atom. The molecule has 4 heterocycles. The molecule has 4 aliphatic rings. The van der Waals surface area contributed by atoms with E-state index in [2.05, 4.69) is 31.7 Å². The number of fused-ring (bicyclic) bond motifs is 2. The Morgan fingerprint density at radius 1 is 0.913 bits per heavy atom. The van der Waals surface area contributed by atoms with Gasteiger partial charge >= 0.3 is 5.97 Å². The number of benzene rings is 1. The number of hydrogen-bond acceptors (Lipinski definition) is 11. The molecule has 3 aliphatic heterocycles. The number of nitrogens with zero attached hydrogens (tertiary/aromatic N) is 6. The van der Waals surface area contributed by atoms with Crippen LogP contribution in [0.4, 0.5) is 0 Å². The second-order valence-electron chi connectivity index (χ2n) is 13.2. The summed E-state index contributed by atoms with van der Waals surface area (Å²) in [5.74, 6) is 1.11. The fraction of sp³-hybridized carbons (Fsp3) is 0.559. The molecule has 2 bridgehead atoms. The van der Waals surface area contributed by atoms with Crippen molar-refractivity contribution < 1.29 is 15.0 Å². The number of para-hydroxylation sites is 1. The fourth-order valence-corrected chi connectivity index (χ4v) is 7.48. The lowest BCUT2D eigenvalue weighted by Gasteiger charge is -2.41. The van der Waals surface area contributed by atoms with Gasteiger partial charge in [0, 0.05) is 81.0 Å². The Hall–Kier alpha value is -3.87. The number of likely N-dealkylation sites (tertiary alicyclic amines) is 1. The highest BCUT2D eigenvalue weighted by atomic mass is 16.4. The van der Waals surface area contributed by atoms with Crippen LogP contribution in [0.3, 0.4) is 0 Å². The summed E-state index contributed by atoms with van der Waals surface area (Å²) in [4.78, 5) is 28.7. The molecule has 2 atom stereocenters. The number of rotatable bonds is 7. The summed E-state index contributed by atoms with van der Waals surface area (Å²) >= 11 is 0. The Bertz CT molecular complexity index is 1360. The number of phenols is 1. The number of hydrogen-bond donors (Lipinski definition) is 5. The minimum atomic E-state index is -0.723. The standard InChI is InChI=1S/C17H25N5O.C17H26N4O2/c1-21-11-6-7-12(21)10-22(9-11)15(17(19)20)8-14(18)13-4-2-3-5-16(13)23;1-13-18-10-15(11-19-13)14-2-4-16(5-3-14)21-8-6-20(7-9-21)12-17(22)23/h2-5,8,11-12,23H,6-7,9-10,18-20H2,1H3;10-11,14,16H,2-9,12H2,1H3,(H,22,23)/b14-8-;. The molecule has 0 radical (unpaired) electrons. The molecule has 12 heteroatoms. The first-order valence-electron chi connectivity index (χ1n) is 16.5. The Labute approximate surface area is 272 Å². The number of carboxylic acids is 1. The predicted octanol–water partition coefficient (Wildman–Crippen LogP) is 2.07. The molecule has 4 fully saturated rings. The lowest BCUT2D eigenvalue weighted by Crippen LogP contribution is -2.51. The average molecular weight is 634 g/mol. The van der Waals surface area contributed by atoms with E-state index in [1.165, 1.54) is 44.1 Å². The van der Waals surface area contributed by atoms with Gasteiger partial charge in [-0.25, -0.2) is 9.97 Å². The zero-order chi connectivity index (χ0) is 32.8. The van der Waals surface area contributed by atoms with Gasteiger partial charge in [0.15, 0.2) is 0 Å². The van der Waals surface area contributed by atoms with Gasteiger partial charge in [-0.1, -0.05) is 12.1 Å². The van der Waals surface area contributed by atoms with Crippen LogP contribution in [-0.4, -0.2) is 117 Å². The van der Waals surface area contributed by atoms with Crippen LogP contribution < -0.4 is 17.2 Å². The van der Waals surface area contributed by atoms with E-state index < -0.39 is 5.97 Å². The molecule has 1 aliphatic carbocycles. The molecule has 3 saturated heterocycles. The summed E-state index contributed by atoms with van der Waals surface area (Å²) in [6.45, 7) is 7.62. The van der Waals surface area contributed by atoms with E-state index in [4.69, 9.17) is 22.3 Å². The number of likely N-dealkylation sites (N-methyl/N-ethyl adjacent to an activating group) is 1. The Balaban J connectivity index is 0.000000181. The molecule has 8 N–H and O–H groups in total. The maximum Gasteiger partial charge on any atom is 0.317 e. The van der Waals surface area contributed by atoms with Crippen LogP contribution in [-0.2, 0) is 4.79 Å². The van der Waals surface area contributed by atoms with Crippen LogP contribution in [0.5, 0.6) is 5.75 Å². The van der Waals surface area contributed by atoms with Gasteiger partial charge in [0.1, 0.15) is 17.4 Å². The maximum atomic E-state index is 10.8. The summed E-state index contributed by atoms with van der Waals surface area (Å²) in [6, 6.07) is 8.70. The SMILES string of the molecule is CN1C2CCC1CN(C(/C=C(\N)c1ccccc1O)=C(N)N)C2.Cc1ncc(C2CCC(N3CCN(CC(=O)O)CC3)CC2)cn1. The number of aliphatic carboxylic acids is 1. The first-order valence-corrected chi connectivity index (χ1v) is 16.5. The molecule has 46 heavy (non-hydrogen) atoms. The number of piperazine rings is 2. The van der Waals surface area contributed by atoms with E-state index in [1.54, 1.807) is 24.3 Å². The van der Waals surface area contributed by atoms with Crippen molar-refractivity contribution in [2.24, 2.45) is 17.2 Å². The monoisotopic (exact) mass is 633 g/mol. The van der Waals surface area contributed by atoms with Crippen molar-refractivity contribution in [2.45, 2.75) is 69.5 Å². The number of nitrogens with two attached hydrogens (primary N) is 3. The molecule has 2 aromatic rings. The number of phenolic OH excluding ortho intramolecular Hbond substituents is 1. The topological polar surface area (TPSA) is 174 Å². The van der Waals surface area contributed by atoms with E-state index in [9.17, 15) is 9.90 Å². The van der Waals surface area contributed by atoms with Gasteiger partial charge in [-0.2, -0.15) is 0 Å². The van der Waals surface area contributed by atoms with Crippen LogP contribution in [0.2, 0.25) is 0 Å². The van der Waals surface area contributed by atoms with Crippen molar-refractivity contribution in [1.82, 2.24) is 29.6 Å². The summed E-state index contributed by atoms with van der Waals surface area (Å²) in [5.41, 5.74) is 21.1. The third-order valence-electron chi connectivity index (χ3n) is 10.2. The van der Waals surface area contributed by atoms with Gasteiger partial charge < -0.3 is 32.3 Å². The quantitative estimate of drug-likeness (QED) is 0.281. The molecule has 1 aromatic carbocycles. The van der Waals surface area contributed by atoms with Gasteiger partial charge in [0.2, 0.25) is 0 Å². The number of aryl methyl sites for hydroxylation is 1. The van der Waals surface area contributed by atoms with E-state index in [-0.39, 0.29) is 18.1 Å². The second-order valence-corrected chi connectivity index (χ2v) is 13.2. The number of allylic oxidation sites excluding steroid dienone is 1. The zero-order valence-electron chi connectivity index (χ0n) is 27.3. The average Bonchev–Trinajstić information content (AvgIpc) is 3.23. The number of carbonyl (C=O) groups is 1. The highest BCUT2D eigenvalue weighted by Gasteiger charge is 2.38. The van der Waals surface area contributed by atoms with E-state index >= 15 is 0 Å². The van der Waals surface area contributed by atoms with Crippen LogP contribution >= 0.6 is 0 Å². The zero-order valence-corrected chi connectivity index (χ0v) is 27.3. The van der Waals surface area contributed by atoms with Crippen LogP contribution in [0.1, 0.15) is 61.4 Å². The van der Waals surface area contributed by atoms with Crippen molar-refractivity contribution in [3.8, 4) is 5.75 Å². The third-order valence-corrected chi connectivity index (χ3v) is 10.2. The van der Waals surface area contributed by atoms with E-state index in [0.29, 0.717) is 35.3 Å². The number of aromatic hydroxyl groups is 1. The van der Waals surface area contributed by atoms with E-state index in [0.717, 1.165) is 50.8 Å². The lowest BCUT2D eigenvalue weighted by atomic mass is 9.82. The van der Waals surface area contributed by atoms with E-state index in [1.807, 2.05) is 30.3 Å². The molecular weight excluding hydrogens is 582 g/mol. The maximum absolute atomic E-state index is 10.8. The molecule has 1 aromatic heterocycles. The van der Waals surface area contributed by atoms with Crippen LogP contribution in [0.25, 0.3) is 5.70 Å². The molecular formula is C34H51N9O3. The van der Waals surface area contributed by atoms with Crippen molar-refractivity contribution in [1.29, 1.82) is 0 Å². The summed E-state index contributed by atoms with van der Waals surface area (Å²) in [5, 5.41) is 18.8. The predicted molar refractivity (Wildman–Crippen MR) is 179 cm³/mol. The Kier molecular flexibility index (Phi) is 11.0. The minimum Gasteiger partial charge on any atom is -0.507 e. The first kappa shape index (κ1) is 33.5. The Morgan fingerprint density at radius 3 is 2.07 bits per heavy atom. The fourth-order valence-electron chi connectivity index (χ4n) is 7.48. The second kappa shape index (κ2) is 15.1. The smallest absolute Gasteiger partial charge is 0.317 e. The molecule has 250 valence electrons. The lowest BCUT2D eigenvalue weighted by molar-refractivity contribution is -0.138. The summed E-state index contributed by atoms with van der Waals surface area (Å²) in [6.07, 6.45) is 13.0. The van der Waals surface area contributed by atoms with Crippen molar-refractivity contribution >= 4 is 11.7 Å². The van der Waals surface area contributed by atoms with Crippen LogP contribution in [0, 0.1) is 6.92 Å². The van der Waals surface area contributed by atoms with Gasteiger partial charge in [0.05, 0.1) is 12.2 Å². The van der Waals surface area contributed by atoms with Gasteiger partial charge in [-0.15, -0.1) is 0 Å². The molecule has 12 nitrogen and oxygen atoms in total. The minimum absolute atomic E-state index is 0.148. The van der Waals surface area contributed by atoms with Crippen LogP contribution in [0.15, 0.2) is 54.3 Å². The largest absolute Gasteiger partial charge is 0.507 e. The number of carboxylic acid groups (broad SMARTS) is 1. The first-order chi connectivity index (χ1) is 22.1. The van der Waals surface area contributed by atoms with Gasteiger partial charge in [0.25, 0.3) is 0 Å².